The first-order valence-corrected chi connectivity index (χ1v) is 4.88. The Balaban J connectivity index is 3.41. The normalized spacial score (nSPS) is 19.1. The van der Waals surface area contributed by atoms with Crippen molar-refractivity contribution < 1.29 is 19.4 Å². The minimum atomic E-state index is -0.423. The molecule has 1 aliphatic rings. The molecule has 0 unspecified atom stereocenters. The molecule has 88 valence electrons. The molecule has 0 N–H and O–H groups in total. The molecule has 1 aliphatic carbocycles. The molecule has 0 aromatic carbocycles. The molecule has 0 aromatic heterocycles. The van der Waals surface area contributed by atoms with Crippen LogP contribution in [0.25, 0.3) is 0 Å². The summed E-state index contributed by atoms with van der Waals surface area (Å²) in [5, 5.41) is 11.6. The van der Waals surface area contributed by atoms with Crippen molar-refractivity contribution in [3.05, 3.63) is 33.8 Å². The zero-order valence-corrected chi connectivity index (χ0v) is 10.1. The molecule has 0 heterocycles. The van der Waals surface area contributed by atoms with Gasteiger partial charge in [-0.25, -0.2) is 4.79 Å². The quantitative estimate of drug-likeness (QED) is 0.518. The molecule has 0 fully saturated rings. The van der Waals surface area contributed by atoms with E-state index in [1.54, 1.807) is 20.8 Å². The fourth-order valence-electron chi connectivity index (χ4n) is 1.88. The van der Waals surface area contributed by atoms with Crippen LogP contribution >= 0.6 is 0 Å². The monoisotopic (exact) mass is 223 g/mol. The number of carbonyl (C=O) groups is 1. The molecule has 0 atom stereocenters. The van der Waals surface area contributed by atoms with Crippen molar-refractivity contribution in [1.82, 2.24) is 0 Å². The van der Waals surface area contributed by atoms with Crippen LogP contribution in [0.5, 0.6) is 0 Å². The number of allylic oxidation sites excluding steroid dienone is 3. The molecule has 0 saturated carbocycles. The first-order chi connectivity index (χ1) is 7.45. The molecular formula is C12H15O4-. The second kappa shape index (κ2) is 4.43. The van der Waals surface area contributed by atoms with E-state index < -0.39 is 11.9 Å². The summed E-state index contributed by atoms with van der Waals surface area (Å²) in [4.78, 5) is 11.6. The molecule has 0 aliphatic heterocycles. The maximum atomic E-state index is 11.6. The summed E-state index contributed by atoms with van der Waals surface area (Å²) in [6, 6.07) is 0. The van der Waals surface area contributed by atoms with Gasteiger partial charge < -0.3 is 14.6 Å². The van der Waals surface area contributed by atoms with Crippen LogP contribution in [0, 0.1) is 0 Å². The lowest BCUT2D eigenvalue weighted by Gasteiger charge is -2.15. The Morgan fingerprint density at radius 3 is 2.00 bits per heavy atom. The first-order valence-electron chi connectivity index (χ1n) is 4.88. The highest BCUT2D eigenvalue weighted by molar-refractivity contribution is 5.97. The standard InChI is InChI=1S/C12H16O4/c1-6-7(2)10(12(14)16-5)8(3)9(6)11(13)15-4/h13H,1-5H3/p-1/b11-9+. The lowest BCUT2D eigenvalue weighted by Crippen LogP contribution is -2.10. The molecule has 0 aromatic rings. The molecule has 16 heavy (non-hydrogen) atoms. The minimum Gasteiger partial charge on any atom is -0.616 e. The van der Waals surface area contributed by atoms with Crippen molar-refractivity contribution in [2.24, 2.45) is 0 Å². The van der Waals surface area contributed by atoms with Crippen LogP contribution in [-0.4, -0.2) is 20.2 Å². The maximum Gasteiger partial charge on any atom is 0.338 e. The lowest BCUT2D eigenvalue weighted by molar-refractivity contribution is -0.354. The van der Waals surface area contributed by atoms with Crippen LogP contribution in [-0.2, 0) is 14.3 Å². The summed E-state index contributed by atoms with van der Waals surface area (Å²) >= 11 is 0. The van der Waals surface area contributed by atoms with E-state index in [0.29, 0.717) is 16.7 Å². The number of rotatable bonds is 2. The summed E-state index contributed by atoms with van der Waals surface area (Å²) in [6.07, 6.45) is 0. The van der Waals surface area contributed by atoms with Gasteiger partial charge in [0.2, 0.25) is 0 Å². The van der Waals surface area contributed by atoms with Gasteiger partial charge in [0.05, 0.1) is 18.6 Å². The Bertz CT molecular complexity index is 424. The highest BCUT2D eigenvalue weighted by Gasteiger charge is 2.27. The van der Waals surface area contributed by atoms with Gasteiger partial charge in [-0.15, -0.1) is 0 Å². The molecule has 0 spiro atoms. The second-order valence-corrected chi connectivity index (χ2v) is 3.61. The third kappa shape index (κ3) is 1.71. The zero-order chi connectivity index (χ0) is 12.5. The summed E-state index contributed by atoms with van der Waals surface area (Å²) in [7, 11) is 2.64. The minimum absolute atomic E-state index is 0.423. The van der Waals surface area contributed by atoms with E-state index in [9.17, 15) is 9.90 Å². The largest absolute Gasteiger partial charge is 0.616 e. The molecular weight excluding hydrogens is 208 g/mol. The van der Waals surface area contributed by atoms with Crippen LogP contribution < -0.4 is 5.11 Å². The van der Waals surface area contributed by atoms with Gasteiger partial charge >= 0.3 is 5.97 Å². The fourth-order valence-corrected chi connectivity index (χ4v) is 1.88. The van der Waals surface area contributed by atoms with Gasteiger partial charge in [0.25, 0.3) is 0 Å². The smallest absolute Gasteiger partial charge is 0.338 e. The topological polar surface area (TPSA) is 58.6 Å². The van der Waals surface area contributed by atoms with Gasteiger partial charge in [-0.1, -0.05) is 0 Å². The second-order valence-electron chi connectivity index (χ2n) is 3.61. The van der Waals surface area contributed by atoms with Crippen LogP contribution in [0.15, 0.2) is 33.8 Å². The van der Waals surface area contributed by atoms with Gasteiger partial charge in [0.15, 0.2) is 0 Å². The van der Waals surface area contributed by atoms with Crippen molar-refractivity contribution in [1.29, 1.82) is 0 Å². The Morgan fingerprint density at radius 2 is 1.56 bits per heavy atom. The van der Waals surface area contributed by atoms with E-state index in [-0.39, 0.29) is 0 Å². The van der Waals surface area contributed by atoms with Gasteiger partial charge in [-0.3, -0.25) is 0 Å². The van der Waals surface area contributed by atoms with Crippen molar-refractivity contribution >= 4 is 5.97 Å². The Hall–Kier alpha value is -1.71. The summed E-state index contributed by atoms with van der Waals surface area (Å²) < 4.78 is 9.38. The van der Waals surface area contributed by atoms with E-state index in [1.807, 2.05) is 0 Å². The van der Waals surface area contributed by atoms with Crippen LogP contribution in [0.1, 0.15) is 20.8 Å². The Labute approximate surface area is 94.9 Å². The molecule has 0 bridgehead atoms. The predicted molar refractivity (Wildman–Crippen MR) is 57.1 cm³/mol. The van der Waals surface area contributed by atoms with Crippen LogP contribution in [0.4, 0.5) is 0 Å². The molecule has 0 radical (unpaired) electrons. The van der Waals surface area contributed by atoms with Crippen molar-refractivity contribution in [3.8, 4) is 0 Å². The van der Waals surface area contributed by atoms with Crippen LogP contribution in [0.3, 0.4) is 0 Å². The van der Waals surface area contributed by atoms with E-state index in [1.165, 1.54) is 14.2 Å². The molecule has 4 heteroatoms. The van der Waals surface area contributed by atoms with E-state index in [0.717, 1.165) is 11.1 Å². The highest BCUT2D eigenvalue weighted by Crippen LogP contribution is 2.37. The lowest BCUT2D eigenvalue weighted by atomic mass is 10.1. The molecule has 0 amide bonds. The van der Waals surface area contributed by atoms with Gasteiger partial charge in [0.1, 0.15) is 0 Å². The number of ether oxygens (including phenoxy) is 2. The number of methoxy groups -OCH3 is 2. The SMILES string of the molecule is COC(=O)C1=C(C)/C(=C(\[O-])OC)C(C)=C1C. The molecule has 4 nitrogen and oxygen atoms in total. The van der Waals surface area contributed by atoms with Crippen LogP contribution in [0.2, 0.25) is 0 Å². The van der Waals surface area contributed by atoms with Gasteiger partial charge in [0, 0.05) is 5.57 Å². The highest BCUT2D eigenvalue weighted by atomic mass is 16.6. The van der Waals surface area contributed by atoms with E-state index in [2.05, 4.69) is 9.47 Å². The maximum absolute atomic E-state index is 11.6. The molecule has 0 saturated heterocycles. The number of hydrogen-bond donors (Lipinski definition) is 0. The number of carbonyl (C=O) groups excluding carboxylic acids is 1. The zero-order valence-electron chi connectivity index (χ0n) is 10.1. The van der Waals surface area contributed by atoms with Crippen molar-refractivity contribution in [2.75, 3.05) is 14.2 Å². The number of esters is 1. The fraction of sp³-hybridized carbons (Fsp3) is 0.417. The average Bonchev–Trinajstić information content (AvgIpc) is 2.49. The van der Waals surface area contributed by atoms with E-state index >= 15 is 0 Å². The Morgan fingerprint density at radius 1 is 1.00 bits per heavy atom. The Kier molecular flexibility index (Phi) is 3.42. The van der Waals surface area contributed by atoms with Crippen molar-refractivity contribution in [3.63, 3.8) is 0 Å². The average molecular weight is 223 g/mol. The van der Waals surface area contributed by atoms with Gasteiger partial charge in [-0.05, 0) is 44.6 Å². The third-order valence-corrected chi connectivity index (χ3v) is 2.84. The number of hydrogen-bond acceptors (Lipinski definition) is 4. The third-order valence-electron chi connectivity index (χ3n) is 2.84. The van der Waals surface area contributed by atoms with Gasteiger partial charge in [-0.2, -0.15) is 0 Å². The predicted octanol–water partition coefficient (Wildman–Crippen LogP) is 1.04. The summed E-state index contributed by atoms with van der Waals surface area (Å²) in [6.45, 7) is 5.31. The molecule has 1 rings (SSSR count). The van der Waals surface area contributed by atoms with Crippen molar-refractivity contribution in [2.45, 2.75) is 20.8 Å². The first kappa shape index (κ1) is 12.4. The van der Waals surface area contributed by atoms with E-state index in [4.69, 9.17) is 0 Å². The summed E-state index contributed by atoms with van der Waals surface area (Å²) in [5.41, 5.74) is 3.07. The summed E-state index contributed by atoms with van der Waals surface area (Å²) in [5.74, 6) is -0.846.